The second kappa shape index (κ2) is 4.38. The van der Waals surface area contributed by atoms with E-state index in [9.17, 15) is 4.79 Å². The summed E-state index contributed by atoms with van der Waals surface area (Å²) in [5.74, 6) is 0.968. The number of rotatable bonds is 3. The Balaban J connectivity index is 1.94. The second-order valence-corrected chi connectivity index (χ2v) is 4.91. The van der Waals surface area contributed by atoms with Crippen molar-refractivity contribution in [2.45, 2.75) is 24.7 Å². The number of amides is 1. The summed E-state index contributed by atoms with van der Waals surface area (Å²) >= 11 is 5.70. The van der Waals surface area contributed by atoms with Gasteiger partial charge in [-0.05, 0) is 36.6 Å². The molecule has 19 heavy (non-hydrogen) atoms. The Labute approximate surface area is 114 Å². The summed E-state index contributed by atoms with van der Waals surface area (Å²) < 4.78 is 10.4. The molecule has 0 radical (unpaired) electrons. The van der Waals surface area contributed by atoms with Crippen molar-refractivity contribution < 1.29 is 13.7 Å². The normalized spacial score (nSPS) is 16.9. The Morgan fingerprint density at radius 1 is 1.47 bits per heavy atom. The van der Waals surface area contributed by atoms with Gasteiger partial charge in [-0.15, -0.1) is 0 Å². The van der Waals surface area contributed by atoms with E-state index >= 15 is 0 Å². The van der Waals surface area contributed by atoms with Gasteiger partial charge in [-0.25, -0.2) is 0 Å². The highest BCUT2D eigenvalue weighted by atomic mass is 35.5. The first-order valence-corrected chi connectivity index (χ1v) is 6.35. The van der Waals surface area contributed by atoms with Crippen molar-refractivity contribution in [2.24, 2.45) is 0 Å². The molecule has 1 fully saturated rings. The molecule has 6 nitrogen and oxygen atoms in total. The van der Waals surface area contributed by atoms with E-state index in [1.54, 1.807) is 19.2 Å². The quantitative estimate of drug-likeness (QED) is 0.932. The summed E-state index contributed by atoms with van der Waals surface area (Å²) in [6.07, 6.45) is 2.40. The zero-order valence-electron chi connectivity index (χ0n) is 10.3. The molecule has 1 aliphatic rings. The van der Waals surface area contributed by atoms with Gasteiger partial charge in [0.25, 0.3) is 0 Å². The number of hydrogen-bond acceptors (Lipinski definition) is 5. The van der Waals surface area contributed by atoms with E-state index in [1.165, 1.54) is 0 Å². The summed E-state index contributed by atoms with van der Waals surface area (Å²) in [6.45, 7) is 0. The maximum atomic E-state index is 12.0. The molecule has 100 valence electrons. The van der Waals surface area contributed by atoms with E-state index < -0.39 is 5.41 Å². The van der Waals surface area contributed by atoms with Crippen molar-refractivity contribution in [3.63, 3.8) is 0 Å². The van der Waals surface area contributed by atoms with Crippen LogP contribution in [0.1, 0.15) is 25.2 Å². The third-order valence-corrected chi connectivity index (χ3v) is 3.70. The lowest BCUT2D eigenvalue weighted by atomic mass is 9.68. The van der Waals surface area contributed by atoms with Gasteiger partial charge in [0.05, 0.1) is 0 Å². The van der Waals surface area contributed by atoms with Crippen LogP contribution in [0.2, 0.25) is 5.22 Å². The molecule has 0 bridgehead atoms. The number of nitrogens with zero attached hydrogens (tertiary/aromatic N) is 2. The van der Waals surface area contributed by atoms with Crippen molar-refractivity contribution in [1.82, 2.24) is 15.5 Å². The van der Waals surface area contributed by atoms with Crippen LogP contribution in [0.5, 0.6) is 0 Å². The third kappa shape index (κ3) is 1.83. The van der Waals surface area contributed by atoms with E-state index in [0.717, 1.165) is 6.42 Å². The van der Waals surface area contributed by atoms with Gasteiger partial charge in [-0.2, -0.15) is 4.98 Å². The van der Waals surface area contributed by atoms with Crippen LogP contribution >= 0.6 is 11.6 Å². The average molecular weight is 282 g/mol. The number of furan rings is 1. The Morgan fingerprint density at radius 2 is 2.26 bits per heavy atom. The van der Waals surface area contributed by atoms with Crippen LogP contribution in [0, 0.1) is 0 Å². The molecule has 1 saturated carbocycles. The molecule has 2 aromatic heterocycles. The summed E-state index contributed by atoms with van der Waals surface area (Å²) in [5.41, 5.74) is -0.684. The Morgan fingerprint density at radius 3 is 2.79 bits per heavy atom. The predicted molar refractivity (Wildman–Crippen MR) is 66.6 cm³/mol. The van der Waals surface area contributed by atoms with Gasteiger partial charge < -0.3 is 14.3 Å². The smallest absolute Gasteiger partial charge is 0.242 e. The molecule has 1 N–H and O–H groups in total. The Kier molecular flexibility index (Phi) is 2.82. The summed E-state index contributed by atoms with van der Waals surface area (Å²) in [7, 11) is 1.60. The Bertz CT molecular complexity index is 615. The lowest BCUT2D eigenvalue weighted by Gasteiger charge is -2.35. The number of likely N-dealkylation sites (N-methyl/N-ethyl adjacent to an activating group) is 1. The number of nitrogens with one attached hydrogen (secondary N) is 1. The van der Waals surface area contributed by atoms with Crippen molar-refractivity contribution in [3.8, 4) is 11.6 Å². The van der Waals surface area contributed by atoms with Crippen molar-refractivity contribution >= 4 is 17.5 Å². The van der Waals surface area contributed by atoms with Crippen LogP contribution < -0.4 is 5.32 Å². The maximum Gasteiger partial charge on any atom is 0.242 e. The van der Waals surface area contributed by atoms with Crippen molar-refractivity contribution in [1.29, 1.82) is 0 Å². The fourth-order valence-corrected chi connectivity index (χ4v) is 2.41. The van der Waals surface area contributed by atoms with Crippen LogP contribution in [0.3, 0.4) is 0 Å². The summed E-state index contributed by atoms with van der Waals surface area (Å²) in [5, 5.41) is 6.75. The molecular weight excluding hydrogens is 270 g/mol. The Hall–Kier alpha value is -1.82. The minimum Gasteiger partial charge on any atom is -0.441 e. The van der Waals surface area contributed by atoms with Gasteiger partial charge in [-0.3, -0.25) is 4.79 Å². The van der Waals surface area contributed by atoms with Crippen LogP contribution in [-0.4, -0.2) is 23.1 Å². The first-order chi connectivity index (χ1) is 9.15. The van der Waals surface area contributed by atoms with Gasteiger partial charge in [0.1, 0.15) is 5.41 Å². The van der Waals surface area contributed by atoms with Crippen LogP contribution in [-0.2, 0) is 10.2 Å². The number of hydrogen-bond donors (Lipinski definition) is 1. The first-order valence-electron chi connectivity index (χ1n) is 5.98. The molecule has 7 heteroatoms. The molecule has 0 unspecified atom stereocenters. The SMILES string of the molecule is CNC(=O)C1(c2nc(-c3ccc(Cl)o3)no2)CCC1. The molecule has 0 aromatic carbocycles. The lowest BCUT2D eigenvalue weighted by Crippen LogP contribution is -2.48. The summed E-state index contributed by atoms with van der Waals surface area (Å²) in [4.78, 5) is 16.2. The average Bonchev–Trinajstić information content (AvgIpc) is 2.96. The number of carbonyl (C=O) groups excluding carboxylic acids is 1. The zero-order valence-corrected chi connectivity index (χ0v) is 11.0. The lowest BCUT2D eigenvalue weighted by molar-refractivity contribution is -0.130. The van der Waals surface area contributed by atoms with Crippen LogP contribution in [0.4, 0.5) is 0 Å². The fourth-order valence-electron chi connectivity index (χ4n) is 2.26. The molecule has 0 saturated heterocycles. The second-order valence-electron chi connectivity index (χ2n) is 4.54. The molecule has 0 aliphatic heterocycles. The molecule has 3 rings (SSSR count). The summed E-state index contributed by atoms with van der Waals surface area (Å²) in [6, 6.07) is 3.26. The zero-order chi connectivity index (χ0) is 13.5. The minimum atomic E-state index is -0.684. The highest BCUT2D eigenvalue weighted by Gasteiger charge is 2.50. The standard InChI is InChI=1S/C12H12ClN3O3/c1-14-10(17)12(5-2-6-12)11-15-9(16-19-11)7-3-4-8(13)18-7/h3-4H,2,5-6H2,1H3,(H,14,17). The van der Waals surface area contributed by atoms with Crippen molar-refractivity contribution in [3.05, 3.63) is 23.2 Å². The highest BCUT2D eigenvalue weighted by molar-refractivity contribution is 6.28. The number of halogens is 1. The highest BCUT2D eigenvalue weighted by Crippen LogP contribution is 2.43. The monoisotopic (exact) mass is 281 g/mol. The van der Waals surface area contributed by atoms with Gasteiger partial charge in [-0.1, -0.05) is 11.6 Å². The number of carbonyl (C=O) groups is 1. The molecule has 1 amide bonds. The topological polar surface area (TPSA) is 81.2 Å². The minimum absolute atomic E-state index is 0.0913. The molecular formula is C12H12ClN3O3. The van der Waals surface area contributed by atoms with Gasteiger partial charge in [0.2, 0.25) is 17.6 Å². The fraction of sp³-hybridized carbons (Fsp3) is 0.417. The van der Waals surface area contributed by atoms with E-state index in [1.807, 2.05) is 0 Å². The van der Waals surface area contributed by atoms with Gasteiger partial charge in [0.15, 0.2) is 11.0 Å². The largest absolute Gasteiger partial charge is 0.441 e. The molecule has 2 aromatic rings. The van der Waals surface area contributed by atoms with E-state index in [-0.39, 0.29) is 11.1 Å². The maximum absolute atomic E-state index is 12.0. The van der Waals surface area contributed by atoms with Gasteiger partial charge >= 0.3 is 0 Å². The number of aromatic nitrogens is 2. The molecule has 0 spiro atoms. The first kappa shape index (κ1) is 12.2. The molecule has 2 heterocycles. The van der Waals surface area contributed by atoms with Crippen LogP contribution in [0.15, 0.2) is 21.1 Å². The van der Waals surface area contributed by atoms with Crippen LogP contribution in [0.25, 0.3) is 11.6 Å². The van der Waals surface area contributed by atoms with Crippen molar-refractivity contribution in [2.75, 3.05) is 7.05 Å². The third-order valence-electron chi connectivity index (χ3n) is 3.50. The van der Waals surface area contributed by atoms with E-state index in [4.69, 9.17) is 20.5 Å². The van der Waals surface area contributed by atoms with E-state index in [2.05, 4.69) is 15.5 Å². The molecule has 1 aliphatic carbocycles. The molecule has 0 atom stereocenters. The van der Waals surface area contributed by atoms with Gasteiger partial charge in [0, 0.05) is 7.05 Å². The van der Waals surface area contributed by atoms with E-state index in [0.29, 0.717) is 30.3 Å². The predicted octanol–water partition coefficient (Wildman–Crippen LogP) is 2.15.